The van der Waals surface area contributed by atoms with E-state index in [1.807, 2.05) is 48.0 Å². The van der Waals surface area contributed by atoms with Crippen LogP contribution in [0.5, 0.6) is 5.75 Å². The maximum Gasteiger partial charge on any atom is 0.256 e. The normalized spacial score (nSPS) is 10.8. The second kappa shape index (κ2) is 10.3. The van der Waals surface area contributed by atoms with E-state index in [1.54, 1.807) is 36.4 Å². The van der Waals surface area contributed by atoms with Crippen LogP contribution >= 0.6 is 34.8 Å². The van der Waals surface area contributed by atoms with E-state index in [0.29, 0.717) is 38.7 Å². The molecule has 0 atom stereocenters. The van der Waals surface area contributed by atoms with Crippen molar-refractivity contribution in [2.75, 3.05) is 5.32 Å². The average molecular weight is 501 g/mol. The summed E-state index contributed by atoms with van der Waals surface area (Å²) in [5.41, 5.74) is 3.27. The third kappa shape index (κ3) is 5.88. The highest BCUT2D eigenvalue weighted by Crippen LogP contribution is 2.32. The number of benzene rings is 3. The van der Waals surface area contributed by atoms with Gasteiger partial charge in [0.2, 0.25) is 0 Å². The van der Waals surface area contributed by atoms with Crippen LogP contribution in [0.25, 0.3) is 0 Å². The lowest BCUT2D eigenvalue weighted by molar-refractivity contribution is 0.102. The molecule has 0 bridgehead atoms. The van der Waals surface area contributed by atoms with E-state index in [9.17, 15) is 4.79 Å². The first-order valence-electron chi connectivity index (χ1n) is 10.1. The van der Waals surface area contributed by atoms with Gasteiger partial charge in [0.25, 0.3) is 5.91 Å². The molecule has 0 saturated carbocycles. The van der Waals surface area contributed by atoms with E-state index in [-0.39, 0.29) is 12.5 Å². The van der Waals surface area contributed by atoms with Crippen molar-refractivity contribution in [2.45, 2.75) is 20.1 Å². The molecule has 0 aliphatic carbocycles. The predicted octanol–water partition coefficient (Wildman–Crippen LogP) is 7.03. The molecule has 1 heterocycles. The van der Waals surface area contributed by atoms with Crippen LogP contribution in [0.4, 0.5) is 5.82 Å². The van der Waals surface area contributed by atoms with Gasteiger partial charge in [0, 0.05) is 22.3 Å². The minimum absolute atomic E-state index is 0.245. The second-order valence-electron chi connectivity index (χ2n) is 7.45. The molecule has 4 aromatic rings. The Labute approximate surface area is 206 Å². The first-order chi connectivity index (χ1) is 15.9. The summed E-state index contributed by atoms with van der Waals surface area (Å²) in [6.07, 6.45) is 0. The zero-order chi connectivity index (χ0) is 23.4. The summed E-state index contributed by atoms with van der Waals surface area (Å²) in [5, 5.41) is 8.82. The summed E-state index contributed by atoms with van der Waals surface area (Å²) in [6, 6.07) is 21.8. The Morgan fingerprint density at radius 1 is 0.970 bits per heavy atom. The van der Waals surface area contributed by atoms with E-state index in [4.69, 9.17) is 39.5 Å². The number of hydrogen-bond acceptors (Lipinski definition) is 3. The van der Waals surface area contributed by atoms with Crippen molar-refractivity contribution in [3.63, 3.8) is 0 Å². The summed E-state index contributed by atoms with van der Waals surface area (Å²) in [6.45, 7) is 2.74. The van der Waals surface area contributed by atoms with Crippen LogP contribution in [0.2, 0.25) is 15.1 Å². The van der Waals surface area contributed by atoms with Crippen LogP contribution in [0.1, 0.15) is 27.2 Å². The van der Waals surface area contributed by atoms with E-state index in [0.717, 1.165) is 16.8 Å². The van der Waals surface area contributed by atoms with Gasteiger partial charge in [-0.2, -0.15) is 5.10 Å². The van der Waals surface area contributed by atoms with Crippen LogP contribution in [0.15, 0.2) is 72.8 Å². The number of rotatable bonds is 7. The smallest absolute Gasteiger partial charge is 0.256 e. The van der Waals surface area contributed by atoms with Crippen molar-refractivity contribution in [1.29, 1.82) is 0 Å². The molecule has 0 spiro atoms. The Balaban J connectivity index is 1.42. The van der Waals surface area contributed by atoms with Crippen LogP contribution in [0.3, 0.4) is 0 Å². The van der Waals surface area contributed by atoms with E-state index < -0.39 is 0 Å². The number of hydrogen-bond donors (Lipinski definition) is 1. The topological polar surface area (TPSA) is 56.1 Å². The summed E-state index contributed by atoms with van der Waals surface area (Å²) in [7, 11) is 0. The number of amides is 1. The monoisotopic (exact) mass is 499 g/mol. The minimum Gasteiger partial charge on any atom is -0.487 e. The quantitative estimate of drug-likeness (QED) is 0.296. The van der Waals surface area contributed by atoms with Gasteiger partial charge in [0.05, 0.1) is 11.6 Å². The van der Waals surface area contributed by atoms with Gasteiger partial charge in [0.1, 0.15) is 17.4 Å². The standard InChI is InChI=1S/C25H20Cl3N3O2/c1-16-11-23(30-31(16)14-17-5-3-8-20(26)13-17)29-25(32)19-7-2-6-18(12-19)15-33-22-10-4-9-21(27)24(22)28/h2-13H,14-15H2,1H3,(H,29,30,32). The summed E-state index contributed by atoms with van der Waals surface area (Å²) >= 11 is 18.3. The van der Waals surface area contributed by atoms with Crippen molar-refractivity contribution in [3.8, 4) is 5.75 Å². The lowest BCUT2D eigenvalue weighted by Crippen LogP contribution is -2.13. The lowest BCUT2D eigenvalue weighted by atomic mass is 10.1. The number of nitrogens with one attached hydrogen (secondary N) is 1. The molecule has 0 fully saturated rings. The SMILES string of the molecule is Cc1cc(NC(=O)c2cccc(COc3cccc(Cl)c3Cl)c2)nn1Cc1cccc(Cl)c1. The summed E-state index contributed by atoms with van der Waals surface area (Å²) in [4.78, 5) is 12.8. The number of aryl methyl sites for hydroxylation is 1. The van der Waals surface area contributed by atoms with Gasteiger partial charge in [-0.25, -0.2) is 0 Å². The average Bonchev–Trinajstić information content (AvgIpc) is 3.13. The molecule has 5 nitrogen and oxygen atoms in total. The highest BCUT2D eigenvalue weighted by molar-refractivity contribution is 6.42. The molecule has 0 radical (unpaired) electrons. The fourth-order valence-corrected chi connectivity index (χ4v) is 3.85. The molecule has 0 unspecified atom stereocenters. The molecule has 8 heteroatoms. The first-order valence-corrected chi connectivity index (χ1v) is 11.3. The highest BCUT2D eigenvalue weighted by atomic mass is 35.5. The van der Waals surface area contributed by atoms with E-state index in [1.165, 1.54) is 0 Å². The molecule has 1 N–H and O–H groups in total. The van der Waals surface area contributed by atoms with Crippen molar-refractivity contribution in [2.24, 2.45) is 0 Å². The van der Waals surface area contributed by atoms with Crippen molar-refractivity contribution in [1.82, 2.24) is 9.78 Å². The van der Waals surface area contributed by atoms with Gasteiger partial charge >= 0.3 is 0 Å². The zero-order valence-electron chi connectivity index (χ0n) is 17.7. The van der Waals surface area contributed by atoms with Crippen LogP contribution in [-0.4, -0.2) is 15.7 Å². The van der Waals surface area contributed by atoms with Crippen LogP contribution in [0, 0.1) is 6.92 Å². The second-order valence-corrected chi connectivity index (χ2v) is 8.68. The van der Waals surface area contributed by atoms with Crippen molar-refractivity contribution in [3.05, 3.63) is 110 Å². The predicted molar refractivity (Wildman–Crippen MR) is 133 cm³/mol. The molecular formula is C25H20Cl3N3O2. The van der Waals surface area contributed by atoms with E-state index in [2.05, 4.69) is 10.4 Å². The Kier molecular flexibility index (Phi) is 7.23. The number of carbonyl (C=O) groups is 1. The van der Waals surface area contributed by atoms with Crippen molar-refractivity contribution < 1.29 is 9.53 Å². The maximum atomic E-state index is 12.8. The zero-order valence-corrected chi connectivity index (χ0v) is 20.0. The fourth-order valence-electron chi connectivity index (χ4n) is 3.29. The third-order valence-electron chi connectivity index (χ3n) is 4.94. The molecule has 1 amide bonds. The number of ether oxygens (including phenoxy) is 1. The van der Waals surface area contributed by atoms with Crippen LogP contribution in [-0.2, 0) is 13.2 Å². The maximum absolute atomic E-state index is 12.8. The van der Waals surface area contributed by atoms with E-state index >= 15 is 0 Å². The van der Waals surface area contributed by atoms with Gasteiger partial charge in [-0.15, -0.1) is 0 Å². The Morgan fingerprint density at radius 2 is 1.73 bits per heavy atom. The number of anilines is 1. The van der Waals surface area contributed by atoms with Gasteiger partial charge in [0.15, 0.2) is 5.82 Å². The first kappa shape index (κ1) is 23.2. The molecular weight excluding hydrogens is 481 g/mol. The molecule has 33 heavy (non-hydrogen) atoms. The van der Waals surface area contributed by atoms with Crippen LogP contribution < -0.4 is 10.1 Å². The largest absolute Gasteiger partial charge is 0.487 e. The molecule has 4 rings (SSSR count). The summed E-state index contributed by atoms with van der Waals surface area (Å²) in [5.74, 6) is 0.705. The molecule has 0 saturated heterocycles. The van der Waals surface area contributed by atoms with Gasteiger partial charge in [-0.05, 0) is 54.4 Å². The fraction of sp³-hybridized carbons (Fsp3) is 0.120. The molecule has 3 aromatic carbocycles. The number of carbonyl (C=O) groups excluding carboxylic acids is 1. The Hall–Kier alpha value is -2.99. The van der Waals surface area contributed by atoms with Gasteiger partial charge in [-0.3, -0.25) is 9.48 Å². The Morgan fingerprint density at radius 3 is 2.55 bits per heavy atom. The molecule has 168 valence electrons. The number of nitrogens with zero attached hydrogens (tertiary/aromatic N) is 2. The number of aromatic nitrogens is 2. The minimum atomic E-state index is -0.259. The Bertz CT molecular complexity index is 1300. The van der Waals surface area contributed by atoms with Gasteiger partial charge in [-0.1, -0.05) is 65.1 Å². The molecule has 0 aliphatic rings. The summed E-state index contributed by atoms with van der Waals surface area (Å²) < 4.78 is 7.59. The van der Waals surface area contributed by atoms with Crippen molar-refractivity contribution >= 4 is 46.5 Å². The molecule has 0 aliphatic heterocycles. The lowest BCUT2D eigenvalue weighted by Gasteiger charge is -2.10. The third-order valence-corrected chi connectivity index (χ3v) is 5.98. The van der Waals surface area contributed by atoms with Gasteiger partial charge < -0.3 is 10.1 Å². The number of halogens is 3. The molecule has 1 aromatic heterocycles. The highest BCUT2D eigenvalue weighted by Gasteiger charge is 2.12.